The van der Waals surface area contributed by atoms with Crippen molar-refractivity contribution in [2.45, 2.75) is 26.7 Å². The summed E-state index contributed by atoms with van der Waals surface area (Å²) in [6.45, 7) is 4.28. The van der Waals surface area contributed by atoms with E-state index in [1.165, 1.54) is 21.2 Å². The zero-order valence-corrected chi connectivity index (χ0v) is 10.4. The van der Waals surface area contributed by atoms with Crippen LogP contribution >= 0.6 is 27.5 Å². The first-order valence-corrected chi connectivity index (χ1v) is 5.79. The SMILES string of the molecule is Cc1cc(Br)c(CCCCl)cc1C. The van der Waals surface area contributed by atoms with Crippen LogP contribution in [0.4, 0.5) is 0 Å². The van der Waals surface area contributed by atoms with Gasteiger partial charge in [-0.05, 0) is 49.4 Å². The van der Waals surface area contributed by atoms with E-state index in [9.17, 15) is 0 Å². The molecule has 13 heavy (non-hydrogen) atoms. The number of benzene rings is 1. The van der Waals surface area contributed by atoms with E-state index in [2.05, 4.69) is 41.9 Å². The number of halogens is 2. The molecule has 0 atom stereocenters. The summed E-state index contributed by atoms with van der Waals surface area (Å²) in [6.07, 6.45) is 2.11. The molecule has 0 radical (unpaired) electrons. The van der Waals surface area contributed by atoms with E-state index in [0.29, 0.717) is 0 Å². The average Bonchev–Trinajstić information content (AvgIpc) is 2.09. The maximum absolute atomic E-state index is 5.66. The standard InChI is InChI=1S/C11H14BrCl/c1-8-6-10(4-3-5-13)11(12)7-9(8)2/h6-7H,3-5H2,1-2H3. The second kappa shape index (κ2) is 5.02. The molecule has 2 heteroatoms. The van der Waals surface area contributed by atoms with Gasteiger partial charge in [0.1, 0.15) is 0 Å². The Bertz CT molecular complexity index is 294. The second-order valence-electron chi connectivity index (χ2n) is 3.32. The van der Waals surface area contributed by atoms with Gasteiger partial charge in [0.15, 0.2) is 0 Å². The van der Waals surface area contributed by atoms with E-state index < -0.39 is 0 Å². The van der Waals surface area contributed by atoms with Gasteiger partial charge < -0.3 is 0 Å². The van der Waals surface area contributed by atoms with Crippen molar-refractivity contribution in [1.29, 1.82) is 0 Å². The molecule has 0 saturated carbocycles. The van der Waals surface area contributed by atoms with Gasteiger partial charge in [0, 0.05) is 10.4 Å². The number of aryl methyl sites for hydroxylation is 3. The summed E-state index contributed by atoms with van der Waals surface area (Å²) in [5, 5.41) is 0. The molecular weight excluding hydrogens is 247 g/mol. The van der Waals surface area contributed by atoms with Crippen LogP contribution in [-0.4, -0.2) is 5.88 Å². The van der Waals surface area contributed by atoms with E-state index in [1.807, 2.05) is 0 Å². The van der Waals surface area contributed by atoms with Gasteiger partial charge in [0.2, 0.25) is 0 Å². The van der Waals surface area contributed by atoms with Gasteiger partial charge in [-0.1, -0.05) is 22.0 Å². The van der Waals surface area contributed by atoms with Gasteiger partial charge in [-0.3, -0.25) is 0 Å². The first kappa shape index (κ1) is 11.1. The fourth-order valence-electron chi connectivity index (χ4n) is 1.29. The van der Waals surface area contributed by atoms with Crippen molar-refractivity contribution in [3.8, 4) is 0 Å². The van der Waals surface area contributed by atoms with Gasteiger partial charge >= 0.3 is 0 Å². The summed E-state index contributed by atoms with van der Waals surface area (Å²) < 4.78 is 1.21. The Hall–Kier alpha value is -0.0100. The molecular formula is C11H14BrCl. The Morgan fingerprint density at radius 2 is 1.85 bits per heavy atom. The molecule has 0 saturated heterocycles. The number of rotatable bonds is 3. The molecule has 0 nitrogen and oxygen atoms in total. The van der Waals surface area contributed by atoms with Crippen molar-refractivity contribution in [3.63, 3.8) is 0 Å². The van der Waals surface area contributed by atoms with Crippen molar-refractivity contribution >= 4 is 27.5 Å². The summed E-state index contributed by atoms with van der Waals surface area (Å²) in [5.74, 6) is 0.735. The topological polar surface area (TPSA) is 0 Å². The lowest BCUT2D eigenvalue weighted by molar-refractivity contribution is 0.920. The van der Waals surface area contributed by atoms with E-state index >= 15 is 0 Å². The Morgan fingerprint density at radius 1 is 1.23 bits per heavy atom. The normalized spacial score (nSPS) is 10.5. The summed E-state index contributed by atoms with van der Waals surface area (Å²) in [5.41, 5.74) is 4.05. The van der Waals surface area contributed by atoms with Crippen molar-refractivity contribution < 1.29 is 0 Å². The quantitative estimate of drug-likeness (QED) is 0.714. The van der Waals surface area contributed by atoms with Gasteiger partial charge in [-0.25, -0.2) is 0 Å². The minimum atomic E-state index is 0.735. The highest BCUT2D eigenvalue weighted by molar-refractivity contribution is 9.10. The van der Waals surface area contributed by atoms with Crippen LogP contribution in [0.15, 0.2) is 16.6 Å². The lowest BCUT2D eigenvalue weighted by atomic mass is 10.0. The van der Waals surface area contributed by atoms with Crippen molar-refractivity contribution in [3.05, 3.63) is 33.3 Å². The second-order valence-corrected chi connectivity index (χ2v) is 4.55. The first-order valence-electron chi connectivity index (χ1n) is 4.46. The molecule has 0 fully saturated rings. The smallest absolute Gasteiger partial charge is 0.0226 e. The van der Waals surface area contributed by atoms with Crippen molar-refractivity contribution in [2.24, 2.45) is 0 Å². The maximum atomic E-state index is 5.66. The Kier molecular flexibility index (Phi) is 4.27. The van der Waals surface area contributed by atoms with Crippen LogP contribution in [0.1, 0.15) is 23.1 Å². The zero-order valence-electron chi connectivity index (χ0n) is 8.03. The Labute approximate surface area is 93.4 Å². The van der Waals surface area contributed by atoms with Gasteiger partial charge in [0.05, 0.1) is 0 Å². The predicted molar refractivity (Wildman–Crippen MR) is 62.7 cm³/mol. The van der Waals surface area contributed by atoms with Crippen molar-refractivity contribution in [2.75, 3.05) is 5.88 Å². The molecule has 72 valence electrons. The van der Waals surface area contributed by atoms with Crippen LogP contribution < -0.4 is 0 Å². The van der Waals surface area contributed by atoms with Crippen LogP contribution in [-0.2, 0) is 6.42 Å². The molecule has 1 aromatic rings. The maximum Gasteiger partial charge on any atom is 0.0226 e. The minimum absolute atomic E-state index is 0.735. The summed E-state index contributed by atoms with van der Waals surface area (Å²) in [7, 11) is 0. The first-order chi connectivity index (χ1) is 6.15. The highest BCUT2D eigenvalue weighted by Crippen LogP contribution is 2.22. The molecule has 0 bridgehead atoms. The average molecular weight is 262 g/mol. The molecule has 0 aromatic heterocycles. The Morgan fingerprint density at radius 3 is 2.46 bits per heavy atom. The number of hydrogen-bond acceptors (Lipinski definition) is 0. The lowest BCUT2D eigenvalue weighted by Crippen LogP contribution is -1.91. The van der Waals surface area contributed by atoms with E-state index in [-0.39, 0.29) is 0 Å². The molecule has 0 amide bonds. The monoisotopic (exact) mass is 260 g/mol. The molecule has 0 spiro atoms. The lowest BCUT2D eigenvalue weighted by Gasteiger charge is -2.07. The van der Waals surface area contributed by atoms with Gasteiger partial charge in [-0.2, -0.15) is 0 Å². The van der Waals surface area contributed by atoms with E-state index in [0.717, 1.165) is 18.7 Å². The highest BCUT2D eigenvalue weighted by atomic mass is 79.9. The third-order valence-electron chi connectivity index (χ3n) is 2.24. The molecule has 1 aromatic carbocycles. The van der Waals surface area contributed by atoms with E-state index in [4.69, 9.17) is 11.6 Å². The largest absolute Gasteiger partial charge is 0.127 e. The highest BCUT2D eigenvalue weighted by Gasteiger charge is 2.02. The molecule has 0 N–H and O–H groups in total. The molecule has 0 aliphatic heterocycles. The summed E-state index contributed by atoms with van der Waals surface area (Å²) in [6, 6.07) is 4.42. The van der Waals surface area contributed by atoms with Gasteiger partial charge in [-0.15, -0.1) is 11.6 Å². The third kappa shape index (κ3) is 2.99. The van der Waals surface area contributed by atoms with E-state index in [1.54, 1.807) is 0 Å². The van der Waals surface area contributed by atoms with Crippen LogP contribution in [0, 0.1) is 13.8 Å². The molecule has 0 heterocycles. The molecule has 1 rings (SSSR count). The zero-order chi connectivity index (χ0) is 9.84. The number of alkyl halides is 1. The fraction of sp³-hybridized carbons (Fsp3) is 0.455. The molecule has 0 aliphatic carbocycles. The number of hydrogen-bond donors (Lipinski definition) is 0. The third-order valence-corrected chi connectivity index (χ3v) is 3.25. The minimum Gasteiger partial charge on any atom is -0.127 e. The molecule has 0 aliphatic rings. The van der Waals surface area contributed by atoms with Crippen LogP contribution in [0.2, 0.25) is 0 Å². The molecule has 0 unspecified atom stereocenters. The van der Waals surface area contributed by atoms with Crippen LogP contribution in [0.25, 0.3) is 0 Å². The Balaban J connectivity index is 2.88. The summed E-state index contributed by atoms with van der Waals surface area (Å²) >= 11 is 9.23. The predicted octanol–water partition coefficient (Wildman–Crippen LogP) is 4.24. The summed E-state index contributed by atoms with van der Waals surface area (Å²) in [4.78, 5) is 0. The fourth-order valence-corrected chi connectivity index (χ4v) is 2.08. The van der Waals surface area contributed by atoms with Crippen LogP contribution in [0.5, 0.6) is 0 Å². The van der Waals surface area contributed by atoms with Gasteiger partial charge in [0.25, 0.3) is 0 Å². The van der Waals surface area contributed by atoms with Crippen LogP contribution in [0.3, 0.4) is 0 Å². The van der Waals surface area contributed by atoms with Crippen molar-refractivity contribution in [1.82, 2.24) is 0 Å².